The fraction of sp³-hybridized carbons (Fsp3) is 0.417. The maximum atomic E-state index is 12.5. The Balaban J connectivity index is 1.17. The fourth-order valence-corrected chi connectivity index (χ4v) is 5.15. The Hall–Kier alpha value is -3.46. The lowest BCUT2D eigenvalue weighted by Crippen LogP contribution is -2.46. The van der Waals surface area contributed by atoms with Crippen molar-refractivity contribution in [2.24, 2.45) is 0 Å². The van der Waals surface area contributed by atoms with Gasteiger partial charge in [-0.25, -0.2) is 4.98 Å². The van der Waals surface area contributed by atoms with E-state index < -0.39 is 0 Å². The summed E-state index contributed by atoms with van der Waals surface area (Å²) in [6.07, 6.45) is 6.41. The lowest BCUT2D eigenvalue weighted by molar-refractivity contribution is 0.0958. The molecule has 0 radical (unpaired) electrons. The number of nitrogens with zero attached hydrogens (tertiary/aromatic N) is 4. The number of carbonyl (C=O) groups is 1. The molecule has 3 aromatic rings. The SMILES string of the molecule is CNC(=O)c1ccc(N2CCN(Cc3cnc4c5c(c(=O)[nH]c4c3)CCCO5)[C@@H]3C[C@@H]32)cn1. The predicted molar refractivity (Wildman–Crippen MR) is 124 cm³/mol. The van der Waals surface area contributed by atoms with Crippen LogP contribution >= 0.6 is 0 Å². The van der Waals surface area contributed by atoms with Gasteiger partial charge >= 0.3 is 0 Å². The third-order valence-corrected chi connectivity index (χ3v) is 6.92. The summed E-state index contributed by atoms with van der Waals surface area (Å²) >= 11 is 0. The standard InChI is InChI=1S/C24H26N6O3/c1-25-24(32)17-5-4-15(12-26-17)30-7-6-29(19-10-20(19)30)13-14-9-18-21(27-11-14)22-16(23(31)28-18)3-2-8-33-22/h4-5,9,11-12,19-20H,2-3,6-8,10,13H2,1H3,(H,25,32)(H,28,31)/t19-,20+/m1/s1. The van der Waals surface area contributed by atoms with Crippen molar-refractivity contribution >= 4 is 22.6 Å². The van der Waals surface area contributed by atoms with Gasteiger partial charge in [-0.2, -0.15) is 0 Å². The molecule has 0 aromatic carbocycles. The van der Waals surface area contributed by atoms with Gasteiger partial charge < -0.3 is 19.9 Å². The van der Waals surface area contributed by atoms with E-state index >= 15 is 0 Å². The third kappa shape index (κ3) is 3.52. The van der Waals surface area contributed by atoms with Gasteiger partial charge in [0, 0.05) is 45.0 Å². The second kappa shape index (κ2) is 7.84. The largest absolute Gasteiger partial charge is 0.491 e. The number of piperazine rings is 1. The number of H-pyrrole nitrogens is 1. The maximum absolute atomic E-state index is 12.5. The quantitative estimate of drug-likeness (QED) is 0.625. The predicted octanol–water partition coefficient (Wildman–Crippen LogP) is 1.47. The molecule has 9 nitrogen and oxygen atoms in total. The van der Waals surface area contributed by atoms with E-state index in [1.165, 1.54) is 0 Å². The molecule has 0 spiro atoms. The minimum atomic E-state index is -0.173. The van der Waals surface area contributed by atoms with E-state index in [-0.39, 0.29) is 11.5 Å². The molecule has 3 aliphatic rings. The second-order valence-electron chi connectivity index (χ2n) is 8.97. The Kier molecular flexibility index (Phi) is 4.79. The number of hydrogen-bond acceptors (Lipinski definition) is 7. The minimum Gasteiger partial charge on any atom is -0.491 e. The van der Waals surface area contributed by atoms with Crippen molar-refractivity contribution in [1.29, 1.82) is 0 Å². The number of aromatic amines is 1. The number of anilines is 1. The van der Waals surface area contributed by atoms with Gasteiger partial charge in [0.15, 0.2) is 5.75 Å². The van der Waals surface area contributed by atoms with Gasteiger partial charge in [0.2, 0.25) is 0 Å². The maximum Gasteiger partial charge on any atom is 0.269 e. The van der Waals surface area contributed by atoms with Crippen molar-refractivity contribution in [2.45, 2.75) is 37.9 Å². The summed E-state index contributed by atoms with van der Waals surface area (Å²) in [5, 5.41) is 2.60. The molecule has 170 valence electrons. The average molecular weight is 447 g/mol. The molecular formula is C24H26N6O3. The van der Waals surface area contributed by atoms with E-state index in [9.17, 15) is 9.59 Å². The number of carbonyl (C=O) groups excluding carboxylic acids is 1. The van der Waals surface area contributed by atoms with Gasteiger partial charge in [0.1, 0.15) is 11.2 Å². The summed E-state index contributed by atoms with van der Waals surface area (Å²) in [5.41, 5.74) is 4.71. The summed E-state index contributed by atoms with van der Waals surface area (Å²) in [4.78, 5) is 41.1. The van der Waals surface area contributed by atoms with Crippen molar-refractivity contribution in [3.05, 3.63) is 57.8 Å². The molecule has 5 heterocycles. The van der Waals surface area contributed by atoms with Crippen LogP contribution in [0.2, 0.25) is 0 Å². The second-order valence-corrected chi connectivity index (χ2v) is 8.97. The smallest absolute Gasteiger partial charge is 0.269 e. The van der Waals surface area contributed by atoms with E-state index in [2.05, 4.69) is 30.1 Å². The highest BCUT2D eigenvalue weighted by Crippen LogP contribution is 2.40. The van der Waals surface area contributed by atoms with Crippen LogP contribution in [-0.4, -0.2) is 64.6 Å². The molecule has 1 saturated carbocycles. The number of ether oxygens (including phenoxy) is 1. The van der Waals surface area contributed by atoms with Crippen molar-refractivity contribution in [1.82, 2.24) is 25.2 Å². The Morgan fingerprint density at radius 3 is 2.97 bits per heavy atom. The van der Waals surface area contributed by atoms with Crippen LogP contribution in [0.25, 0.3) is 11.0 Å². The van der Waals surface area contributed by atoms with Gasteiger partial charge in [-0.1, -0.05) is 0 Å². The lowest BCUT2D eigenvalue weighted by atomic mass is 10.1. The Labute approximate surface area is 190 Å². The van der Waals surface area contributed by atoms with Crippen LogP contribution in [0.3, 0.4) is 0 Å². The highest BCUT2D eigenvalue weighted by atomic mass is 16.5. The lowest BCUT2D eigenvalue weighted by Gasteiger charge is -2.35. The zero-order chi connectivity index (χ0) is 22.5. The monoisotopic (exact) mass is 446 g/mol. The molecule has 0 bridgehead atoms. The molecule has 0 unspecified atom stereocenters. The van der Waals surface area contributed by atoms with Gasteiger partial charge in [0.25, 0.3) is 11.5 Å². The molecule has 3 aromatic heterocycles. The summed E-state index contributed by atoms with van der Waals surface area (Å²) < 4.78 is 5.79. The summed E-state index contributed by atoms with van der Waals surface area (Å²) in [6, 6.07) is 6.74. The third-order valence-electron chi connectivity index (χ3n) is 6.92. The van der Waals surface area contributed by atoms with Crippen LogP contribution in [-0.2, 0) is 13.0 Å². The number of nitrogens with one attached hydrogen (secondary N) is 2. The molecule has 6 rings (SSSR count). The number of rotatable bonds is 4. The highest BCUT2D eigenvalue weighted by Gasteiger charge is 2.48. The fourth-order valence-electron chi connectivity index (χ4n) is 5.15. The minimum absolute atomic E-state index is 0.0666. The number of amides is 1. The molecular weight excluding hydrogens is 420 g/mol. The van der Waals surface area contributed by atoms with E-state index in [0.717, 1.165) is 61.2 Å². The van der Waals surface area contributed by atoms with Crippen molar-refractivity contribution < 1.29 is 9.53 Å². The van der Waals surface area contributed by atoms with Crippen LogP contribution in [0, 0.1) is 0 Å². The molecule has 2 fully saturated rings. The number of hydrogen-bond donors (Lipinski definition) is 2. The first-order valence-electron chi connectivity index (χ1n) is 11.5. The molecule has 33 heavy (non-hydrogen) atoms. The first kappa shape index (κ1) is 20.2. The average Bonchev–Trinajstić information content (AvgIpc) is 3.65. The molecule has 2 aliphatic heterocycles. The Morgan fingerprint density at radius 2 is 2.15 bits per heavy atom. The number of pyridine rings is 3. The van der Waals surface area contributed by atoms with Crippen LogP contribution in [0.15, 0.2) is 35.4 Å². The zero-order valence-corrected chi connectivity index (χ0v) is 18.5. The van der Waals surface area contributed by atoms with Crippen molar-refractivity contribution in [2.75, 3.05) is 31.6 Å². The Bertz CT molecular complexity index is 1290. The van der Waals surface area contributed by atoms with Gasteiger partial charge in [-0.05, 0) is 43.0 Å². The van der Waals surface area contributed by atoms with E-state index in [1.54, 1.807) is 19.3 Å². The van der Waals surface area contributed by atoms with Crippen molar-refractivity contribution in [3.8, 4) is 5.75 Å². The van der Waals surface area contributed by atoms with Crippen LogP contribution in [0.4, 0.5) is 5.69 Å². The molecule has 1 aliphatic carbocycles. The van der Waals surface area contributed by atoms with Crippen LogP contribution in [0.5, 0.6) is 5.75 Å². The van der Waals surface area contributed by atoms with E-state index in [0.29, 0.717) is 35.7 Å². The summed E-state index contributed by atoms with van der Waals surface area (Å²) in [7, 11) is 1.61. The van der Waals surface area contributed by atoms with E-state index in [4.69, 9.17) is 4.74 Å². The zero-order valence-electron chi connectivity index (χ0n) is 18.5. The Morgan fingerprint density at radius 1 is 1.24 bits per heavy atom. The number of aromatic nitrogens is 3. The van der Waals surface area contributed by atoms with Gasteiger partial charge in [0.05, 0.1) is 29.6 Å². The first-order chi connectivity index (χ1) is 16.1. The molecule has 9 heteroatoms. The summed E-state index contributed by atoms with van der Waals surface area (Å²) in [6.45, 7) is 3.26. The first-order valence-corrected chi connectivity index (χ1v) is 11.5. The van der Waals surface area contributed by atoms with Gasteiger partial charge in [-0.15, -0.1) is 0 Å². The van der Waals surface area contributed by atoms with Crippen LogP contribution in [0.1, 0.15) is 34.5 Å². The van der Waals surface area contributed by atoms with Gasteiger partial charge in [-0.3, -0.25) is 19.5 Å². The molecule has 2 atom stereocenters. The molecule has 1 saturated heterocycles. The highest BCUT2D eigenvalue weighted by molar-refractivity contribution is 5.92. The normalized spacial score (nSPS) is 21.8. The van der Waals surface area contributed by atoms with Crippen molar-refractivity contribution in [3.63, 3.8) is 0 Å². The summed E-state index contributed by atoms with van der Waals surface area (Å²) in [5.74, 6) is 0.478. The molecule has 1 amide bonds. The topological polar surface area (TPSA) is 103 Å². The number of fused-ring (bicyclic) bond motifs is 4. The molecule has 2 N–H and O–H groups in total. The van der Waals surface area contributed by atoms with Crippen LogP contribution < -0.4 is 20.5 Å². The van der Waals surface area contributed by atoms with E-state index in [1.807, 2.05) is 18.3 Å².